The van der Waals surface area contributed by atoms with E-state index in [-0.39, 0.29) is 11.7 Å². The van der Waals surface area contributed by atoms with Gasteiger partial charge in [-0.25, -0.2) is 9.78 Å². The second kappa shape index (κ2) is 7.94. The summed E-state index contributed by atoms with van der Waals surface area (Å²) in [4.78, 5) is 27.4. The molecule has 0 radical (unpaired) electrons. The second-order valence-corrected chi connectivity index (χ2v) is 5.59. The molecule has 1 heterocycles. The predicted molar refractivity (Wildman–Crippen MR) is 87.5 cm³/mol. The van der Waals surface area contributed by atoms with Crippen LogP contribution in [0.15, 0.2) is 42.6 Å². The summed E-state index contributed by atoms with van der Waals surface area (Å²) in [5.74, 6) is -1.09. The highest BCUT2D eigenvalue weighted by Gasteiger charge is 2.15. The molecule has 0 spiro atoms. The average Bonchev–Trinajstić information content (AvgIpc) is 2.53. The molecule has 1 unspecified atom stereocenters. The molecule has 1 aromatic carbocycles. The van der Waals surface area contributed by atoms with Crippen molar-refractivity contribution >= 4 is 35.1 Å². The van der Waals surface area contributed by atoms with E-state index >= 15 is 0 Å². The van der Waals surface area contributed by atoms with Gasteiger partial charge in [0.05, 0.1) is 6.04 Å². The monoisotopic (exact) mass is 352 g/mol. The van der Waals surface area contributed by atoms with Gasteiger partial charge < -0.3 is 10.1 Å². The van der Waals surface area contributed by atoms with Gasteiger partial charge in [0.1, 0.15) is 5.69 Å². The molecule has 0 saturated carbocycles. The Morgan fingerprint density at radius 1 is 1.26 bits per heavy atom. The number of hydrogen-bond donors (Lipinski definition) is 1. The highest BCUT2D eigenvalue weighted by Crippen LogP contribution is 2.25. The molecule has 1 amide bonds. The van der Waals surface area contributed by atoms with E-state index in [1.54, 1.807) is 37.3 Å². The van der Waals surface area contributed by atoms with E-state index in [2.05, 4.69) is 10.3 Å². The molecule has 0 bridgehead atoms. The van der Waals surface area contributed by atoms with Crippen molar-refractivity contribution in [2.24, 2.45) is 0 Å². The number of hydrogen-bond acceptors (Lipinski definition) is 4. The number of esters is 1. The minimum absolute atomic E-state index is 0.147. The fraction of sp³-hybridized carbons (Fsp3) is 0.188. The highest BCUT2D eigenvalue weighted by molar-refractivity contribution is 6.35. The maximum Gasteiger partial charge on any atom is 0.357 e. The quantitative estimate of drug-likeness (QED) is 0.837. The largest absolute Gasteiger partial charge is 0.451 e. The third-order valence-corrected chi connectivity index (χ3v) is 3.58. The molecular weight excluding hydrogens is 339 g/mol. The lowest BCUT2D eigenvalue weighted by Crippen LogP contribution is -2.31. The van der Waals surface area contributed by atoms with Gasteiger partial charge in [-0.05, 0) is 36.8 Å². The zero-order chi connectivity index (χ0) is 16.8. The summed E-state index contributed by atoms with van der Waals surface area (Å²) < 4.78 is 4.91. The maximum absolute atomic E-state index is 11.9. The van der Waals surface area contributed by atoms with Crippen LogP contribution in [0.3, 0.4) is 0 Å². The van der Waals surface area contributed by atoms with E-state index in [1.807, 2.05) is 0 Å². The Morgan fingerprint density at radius 3 is 2.70 bits per heavy atom. The summed E-state index contributed by atoms with van der Waals surface area (Å²) in [6.07, 6.45) is 1.47. The molecule has 1 atom stereocenters. The van der Waals surface area contributed by atoms with Crippen LogP contribution in [0.5, 0.6) is 0 Å². The molecule has 1 N–H and O–H groups in total. The van der Waals surface area contributed by atoms with Crippen molar-refractivity contribution in [3.8, 4) is 0 Å². The van der Waals surface area contributed by atoms with E-state index in [4.69, 9.17) is 27.9 Å². The number of rotatable bonds is 5. The Hall–Kier alpha value is -2.11. The van der Waals surface area contributed by atoms with Crippen molar-refractivity contribution in [1.82, 2.24) is 10.3 Å². The summed E-state index contributed by atoms with van der Waals surface area (Å²) in [6, 6.07) is 9.52. The second-order valence-electron chi connectivity index (χ2n) is 4.75. The number of halogens is 2. The number of amides is 1. The number of nitrogens with zero attached hydrogens (tertiary/aromatic N) is 1. The Morgan fingerprint density at radius 2 is 2.04 bits per heavy atom. The maximum atomic E-state index is 11.9. The van der Waals surface area contributed by atoms with Crippen LogP contribution in [0.4, 0.5) is 0 Å². The molecule has 120 valence electrons. The number of benzene rings is 1. The number of ether oxygens (including phenoxy) is 1. The van der Waals surface area contributed by atoms with Crippen molar-refractivity contribution in [1.29, 1.82) is 0 Å². The molecule has 2 rings (SSSR count). The minimum Gasteiger partial charge on any atom is -0.451 e. The Balaban J connectivity index is 1.88. The van der Waals surface area contributed by atoms with Gasteiger partial charge in [0.2, 0.25) is 0 Å². The molecule has 1 aromatic heterocycles. The summed E-state index contributed by atoms with van der Waals surface area (Å²) in [7, 11) is 0. The summed E-state index contributed by atoms with van der Waals surface area (Å²) in [6.45, 7) is 1.37. The Bertz CT molecular complexity index is 708. The van der Waals surface area contributed by atoms with Crippen LogP contribution in [-0.4, -0.2) is 23.5 Å². The Labute approximate surface area is 143 Å². The van der Waals surface area contributed by atoms with Gasteiger partial charge in [0.25, 0.3) is 5.91 Å². The molecule has 0 aliphatic rings. The fourth-order valence-electron chi connectivity index (χ4n) is 1.90. The van der Waals surface area contributed by atoms with E-state index in [0.29, 0.717) is 10.0 Å². The van der Waals surface area contributed by atoms with Crippen LogP contribution in [0.2, 0.25) is 10.0 Å². The number of aromatic nitrogens is 1. The Kier molecular flexibility index (Phi) is 5.96. The van der Waals surface area contributed by atoms with E-state index < -0.39 is 18.5 Å². The summed E-state index contributed by atoms with van der Waals surface area (Å²) in [5.41, 5.74) is 0.870. The van der Waals surface area contributed by atoms with Gasteiger partial charge in [-0.15, -0.1) is 0 Å². The lowest BCUT2D eigenvalue weighted by atomic mass is 10.1. The molecule has 0 saturated heterocycles. The summed E-state index contributed by atoms with van der Waals surface area (Å²) in [5, 5.41) is 3.67. The van der Waals surface area contributed by atoms with Crippen LogP contribution in [-0.2, 0) is 9.53 Å². The van der Waals surface area contributed by atoms with Crippen molar-refractivity contribution < 1.29 is 14.3 Å². The molecule has 0 aliphatic heterocycles. The normalized spacial score (nSPS) is 11.6. The molecule has 0 fully saturated rings. The van der Waals surface area contributed by atoms with Crippen LogP contribution in [0, 0.1) is 0 Å². The lowest BCUT2D eigenvalue weighted by Gasteiger charge is -2.16. The topological polar surface area (TPSA) is 68.3 Å². The first-order valence-corrected chi connectivity index (χ1v) is 7.55. The van der Waals surface area contributed by atoms with Crippen LogP contribution < -0.4 is 5.32 Å². The first kappa shape index (κ1) is 17.2. The highest BCUT2D eigenvalue weighted by atomic mass is 35.5. The molecule has 23 heavy (non-hydrogen) atoms. The standard InChI is InChI=1S/C16H14Cl2N2O3/c1-10(12-6-5-11(17)8-13(12)18)20-15(21)9-23-16(22)14-4-2-3-7-19-14/h2-8,10H,9H2,1H3,(H,20,21). The number of pyridine rings is 1. The molecule has 0 aliphatic carbocycles. The van der Waals surface area contributed by atoms with Crippen molar-refractivity contribution in [3.05, 3.63) is 63.9 Å². The number of nitrogens with one attached hydrogen (secondary N) is 1. The third kappa shape index (κ3) is 4.94. The molecule has 7 heteroatoms. The molecule has 2 aromatic rings. The number of carbonyl (C=O) groups excluding carboxylic acids is 2. The van der Waals surface area contributed by atoms with Crippen LogP contribution in [0.25, 0.3) is 0 Å². The smallest absolute Gasteiger partial charge is 0.357 e. The van der Waals surface area contributed by atoms with E-state index in [9.17, 15) is 9.59 Å². The minimum atomic E-state index is -0.655. The SMILES string of the molecule is CC(NC(=O)COC(=O)c1ccccn1)c1ccc(Cl)cc1Cl. The lowest BCUT2D eigenvalue weighted by molar-refractivity contribution is -0.124. The van der Waals surface area contributed by atoms with Crippen molar-refractivity contribution in [2.75, 3.05) is 6.61 Å². The van der Waals surface area contributed by atoms with E-state index in [0.717, 1.165) is 5.56 Å². The van der Waals surface area contributed by atoms with Crippen LogP contribution in [0.1, 0.15) is 29.0 Å². The molecule has 5 nitrogen and oxygen atoms in total. The van der Waals surface area contributed by atoms with Gasteiger partial charge in [-0.3, -0.25) is 4.79 Å². The van der Waals surface area contributed by atoms with Crippen molar-refractivity contribution in [2.45, 2.75) is 13.0 Å². The third-order valence-electron chi connectivity index (χ3n) is 3.01. The fourth-order valence-corrected chi connectivity index (χ4v) is 2.47. The van der Waals surface area contributed by atoms with Crippen molar-refractivity contribution in [3.63, 3.8) is 0 Å². The van der Waals surface area contributed by atoms with Gasteiger partial charge in [0, 0.05) is 16.2 Å². The first-order valence-electron chi connectivity index (χ1n) is 6.80. The zero-order valence-corrected chi connectivity index (χ0v) is 13.8. The summed E-state index contributed by atoms with van der Waals surface area (Å²) >= 11 is 11.9. The predicted octanol–water partition coefficient (Wildman–Crippen LogP) is 3.42. The van der Waals surface area contributed by atoms with Gasteiger partial charge >= 0.3 is 5.97 Å². The molecular formula is C16H14Cl2N2O3. The van der Waals surface area contributed by atoms with Gasteiger partial charge in [0.15, 0.2) is 6.61 Å². The number of carbonyl (C=O) groups is 2. The average molecular weight is 353 g/mol. The first-order chi connectivity index (χ1) is 11.0. The van der Waals surface area contributed by atoms with Gasteiger partial charge in [-0.1, -0.05) is 35.3 Å². The van der Waals surface area contributed by atoms with E-state index in [1.165, 1.54) is 12.3 Å². The zero-order valence-electron chi connectivity index (χ0n) is 12.3. The van der Waals surface area contributed by atoms with Gasteiger partial charge in [-0.2, -0.15) is 0 Å². The van der Waals surface area contributed by atoms with Crippen LogP contribution >= 0.6 is 23.2 Å².